The van der Waals surface area contributed by atoms with Crippen LogP contribution in [0, 0.1) is 0 Å². The minimum absolute atomic E-state index is 0.208. The number of unbranched alkanes of at least 4 members (excludes halogenated alkanes) is 30. The normalized spacial score (nSPS) is 23.8. The standard InChI is InChI=1S/C73H129NO13/c1-3-5-7-9-11-13-15-17-19-21-23-24-25-26-27-28-29-30-31-32-33-34-35-36-37-38-39-41-43-45-47-49-51-53-55-57-65(78)74-61(62(77)56-54-52-50-48-46-44-42-40-22-20-18-16-14-12-10-8-6-4-2)60-84-72-70(83)68(81)71(64(59-76)86-72)87-73-69(82)67(80)66(79)63(58-75)85-73/h5,7,11,13,17,19,23-24,26-27,29-30,32-33,61-64,66-73,75-77,79-83H,3-4,6,8-10,12,14-16,18,20-22,25,28,31,34-60H2,1-2H3,(H,74,78)/b7-5-,13-11-,19-17-,24-23-,27-26-,30-29-,33-32-. The van der Waals surface area contributed by atoms with Crippen molar-refractivity contribution in [3.8, 4) is 0 Å². The number of aliphatic hydroxyl groups is 8. The molecular weight excluding hydrogens is 1100 g/mol. The monoisotopic (exact) mass is 1230 g/mol. The fourth-order valence-corrected chi connectivity index (χ4v) is 11.3. The molecule has 1 amide bonds. The van der Waals surface area contributed by atoms with Gasteiger partial charge in [0.1, 0.15) is 48.8 Å². The summed E-state index contributed by atoms with van der Waals surface area (Å²) in [7, 11) is 0. The van der Waals surface area contributed by atoms with E-state index in [1.54, 1.807) is 0 Å². The predicted octanol–water partition coefficient (Wildman–Crippen LogP) is 14.4. The first-order valence-corrected chi connectivity index (χ1v) is 35.3. The van der Waals surface area contributed by atoms with Gasteiger partial charge in [-0.15, -0.1) is 0 Å². The molecule has 12 unspecified atom stereocenters. The Bertz CT molecular complexity index is 1780. The molecule has 14 nitrogen and oxygen atoms in total. The van der Waals surface area contributed by atoms with Crippen molar-refractivity contribution >= 4 is 5.91 Å². The molecule has 0 aromatic rings. The zero-order valence-corrected chi connectivity index (χ0v) is 54.7. The number of hydrogen-bond donors (Lipinski definition) is 9. The van der Waals surface area contributed by atoms with Crippen molar-refractivity contribution in [2.75, 3.05) is 19.8 Å². The van der Waals surface area contributed by atoms with Crippen LogP contribution in [0.2, 0.25) is 0 Å². The second-order valence-electron chi connectivity index (χ2n) is 24.6. The van der Waals surface area contributed by atoms with Crippen LogP contribution in [0.15, 0.2) is 85.1 Å². The van der Waals surface area contributed by atoms with Gasteiger partial charge in [-0.2, -0.15) is 0 Å². The number of ether oxygens (including phenoxy) is 4. The number of carbonyl (C=O) groups is 1. The average molecular weight is 1230 g/mol. The SMILES string of the molecule is CC/C=C\C/C=C\C/C=C\C/C=C\C/C=C\C/C=C\C/C=C\CCCCCCCCCCCCCCCC(=O)NC(COC1OC(CO)C(OC2OC(CO)C(O)C(O)C2O)C(O)C1O)C(O)CCCCCCCCCCCCCCCCCCCC. The molecule has 0 aromatic carbocycles. The number of carbonyl (C=O) groups excluding carboxylic acids is 1. The van der Waals surface area contributed by atoms with Crippen LogP contribution in [0.4, 0.5) is 0 Å². The van der Waals surface area contributed by atoms with E-state index in [9.17, 15) is 45.6 Å². The number of allylic oxidation sites excluding steroid dienone is 14. The first-order chi connectivity index (χ1) is 42.6. The Morgan fingerprint density at radius 2 is 0.793 bits per heavy atom. The molecule has 12 atom stereocenters. The molecule has 14 heteroatoms. The molecule has 9 N–H and O–H groups in total. The Morgan fingerprint density at radius 1 is 0.425 bits per heavy atom. The van der Waals surface area contributed by atoms with Crippen LogP contribution in [-0.4, -0.2) is 140 Å². The summed E-state index contributed by atoms with van der Waals surface area (Å²) in [6, 6.07) is -0.834. The first-order valence-electron chi connectivity index (χ1n) is 35.3. The Morgan fingerprint density at radius 3 is 1.22 bits per heavy atom. The number of aliphatic hydroxyl groups excluding tert-OH is 8. The molecule has 0 aromatic heterocycles. The molecule has 0 bridgehead atoms. The smallest absolute Gasteiger partial charge is 0.220 e. The van der Waals surface area contributed by atoms with Crippen LogP contribution in [0.5, 0.6) is 0 Å². The molecule has 2 aliphatic heterocycles. The van der Waals surface area contributed by atoms with E-state index in [1.165, 1.54) is 148 Å². The lowest BCUT2D eigenvalue weighted by Crippen LogP contribution is -2.65. The fourth-order valence-electron chi connectivity index (χ4n) is 11.3. The number of hydrogen-bond acceptors (Lipinski definition) is 13. The van der Waals surface area contributed by atoms with Gasteiger partial charge in [0.25, 0.3) is 0 Å². The van der Waals surface area contributed by atoms with E-state index >= 15 is 0 Å². The molecule has 2 aliphatic rings. The van der Waals surface area contributed by atoms with Gasteiger partial charge in [-0.1, -0.05) is 285 Å². The van der Waals surface area contributed by atoms with Crippen LogP contribution in [-0.2, 0) is 23.7 Å². The minimum Gasteiger partial charge on any atom is -0.394 e. The summed E-state index contributed by atoms with van der Waals surface area (Å²) >= 11 is 0. The zero-order chi connectivity index (χ0) is 63.1. The maximum atomic E-state index is 13.4. The van der Waals surface area contributed by atoms with Gasteiger partial charge in [-0.05, 0) is 70.6 Å². The van der Waals surface area contributed by atoms with Gasteiger partial charge in [0.2, 0.25) is 5.91 Å². The highest BCUT2D eigenvalue weighted by Gasteiger charge is 2.51. The van der Waals surface area contributed by atoms with Crippen LogP contribution in [0.25, 0.3) is 0 Å². The lowest BCUT2D eigenvalue weighted by atomic mass is 9.97. The van der Waals surface area contributed by atoms with Crippen molar-refractivity contribution in [1.29, 1.82) is 0 Å². The van der Waals surface area contributed by atoms with Crippen molar-refractivity contribution in [2.24, 2.45) is 0 Å². The maximum absolute atomic E-state index is 13.4. The van der Waals surface area contributed by atoms with Crippen molar-refractivity contribution < 1.29 is 64.6 Å². The lowest BCUT2D eigenvalue weighted by molar-refractivity contribution is -0.359. The average Bonchev–Trinajstić information content (AvgIpc) is 3.71. The molecule has 504 valence electrons. The van der Waals surface area contributed by atoms with Gasteiger partial charge in [0, 0.05) is 6.42 Å². The molecule has 2 fully saturated rings. The topological polar surface area (TPSA) is 228 Å². The molecule has 2 heterocycles. The Hall–Kier alpha value is -2.83. The molecule has 0 aliphatic carbocycles. The third kappa shape index (κ3) is 41.3. The molecule has 0 saturated carbocycles. The maximum Gasteiger partial charge on any atom is 0.220 e. The predicted molar refractivity (Wildman–Crippen MR) is 355 cm³/mol. The van der Waals surface area contributed by atoms with E-state index in [0.29, 0.717) is 12.8 Å². The number of nitrogens with one attached hydrogen (secondary N) is 1. The van der Waals surface area contributed by atoms with E-state index in [4.69, 9.17) is 18.9 Å². The molecular formula is C73H129NO13. The van der Waals surface area contributed by atoms with Crippen molar-refractivity contribution in [1.82, 2.24) is 5.32 Å². The highest BCUT2D eigenvalue weighted by molar-refractivity contribution is 5.76. The molecule has 2 rings (SSSR count). The van der Waals surface area contributed by atoms with E-state index in [1.807, 2.05) is 0 Å². The van der Waals surface area contributed by atoms with E-state index < -0.39 is 86.8 Å². The van der Waals surface area contributed by atoms with Gasteiger partial charge in [-0.3, -0.25) is 4.79 Å². The summed E-state index contributed by atoms with van der Waals surface area (Å²) in [6.07, 6.45) is 61.6. The third-order valence-electron chi connectivity index (χ3n) is 16.9. The molecule has 0 radical (unpaired) electrons. The quantitative estimate of drug-likeness (QED) is 0.0204. The van der Waals surface area contributed by atoms with Crippen molar-refractivity contribution in [3.05, 3.63) is 85.1 Å². The Labute approximate surface area is 529 Å². The second-order valence-corrected chi connectivity index (χ2v) is 24.6. The van der Waals surface area contributed by atoms with Gasteiger partial charge in [0.15, 0.2) is 12.6 Å². The third-order valence-corrected chi connectivity index (χ3v) is 16.9. The van der Waals surface area contributed by atoms with Gasteiger partial charge in [-0.25, -0.2) is 0 Å². The summed E-state index contributed by atoms with van der Waals surface area (Å²) in [4.78, 5) is 13.4. The lowest BCUT2D eigenvalue weighted by Gasteiger charge is -2.46. The number of amides is 1. The van der Waals surface area contributed by atoms with E-state index in [2.05, 4.69) is 104 Å². The molecule has 2 saturated heterocycles. The van der Waals surface area contributed by atoms with Crippen LogP contribution >= 0.6 is 0 Å². The van der Waals surface area contributed by atoms with E-state index in [0.717, 1.165) is 103 Å². The number of rotatable bonds is 57. The van der Waals surface area contributed by atoms with Crippen molar-refractivity contribution in [2.45, 2.75) is 351 Å². The van der Waals surface area contributed by atoms with Crippen LogP contribution < -0.4 is 5.32 Å². The molecule has 87 heavy (non-hydrogen) atoms. The van der Waals surface area contributed by atoms with Gasteiger partial charge < -0.3 is 65.1 Å². The summed E-state index contributed by atoms with van der Waals surface area (Å²) in [5, 5.41) is 87.6. The Kier molecular flexibility index (Phi) is 52.7. The Balaban J connectivity index is 1.63. The van der Waals surface area contributed by atoms with E-state index in [-0.39, 0.29) is 12.5 Å². The summed E-state index contributed by atoms with van der Waals surface area (Å²) < 4.78 is 22.9. The highest BCUT2D eigenvalue weighted by Crippen LogP contribution is 2.30. The van der Waals surface area contributed by atoms with Crippen LogP contribution in [0.3, 0.4) is 0 Å². The summed E-state index contributed by atoms with van der Waals surface area (Å²) in [5.74, 6) is -0.208. The highest BCUT2D eigenvalue weighted by atomic mass is 16.7. The fraction of sp³-hybridized carbons (Fsp3) is 0.795. The first kappa shape index (κ1) is 80.3. The van der Waals surface area contributed by atoms with Gasteiger partial charge >= 0.3 is 0 Å². The van der Waals surface area contributed by atoms with Crippen LogP contribution in [0.1, 0.15) is 277 Å². The van der Waals surface area contributed by atoms with Crippen molar-refractivity contribution in [3.63, 3.8) is 0 Å². The van der Waals surface area contributed by atoms with Gasteiger partial charge in [0.05, 0.1) is 32.0 Å². The summed E-state index contributed by atoms with van der Waals surface area (Å²) in [5.41, 5.74) is 0. The minimum atomic E-state index is -1.79. The summed E-state index contributed by atoms with van der Waals surface area (Å²) in [6.45, 7) is 2.77. The largest absolute Gasteiger partial charge is 0.394 e. The zero-order valence-electron chi connectivity index (χ0n) is 54.7. The molecule has 0 spiro atoms. The second kappa shape index (κ2) is 57.1.